The first-order valence-corrected chi connectivity index (χ1v) is 28.3. The second kappa shape index (κ2) is 33.4. The molecule has 79 heavy (non-hydrogen) atoms. The molecule has 0 unspecified atom stereocenters. The number of nitrogens with zero attached hydrogens (tertiary/aromatic N) is 3. The summed E-state index contributed by atoms with van der Waals surface area (Å²) >= 11 is 8.51. The lowest BCUT2D eigenvalue weighted by Crippen LogP contribution is -2.62. The summed E-state index contributed by atoms with van der Waals surface area (Å²) in [5, 5.41) is 38.3. The van der Waals surface area contributed by atoms with Crippen molar-refractivity contribution in [2.75, 3.05) is 37.7 Å². The van der Waals surface area contributed by atoms with Gasteiger partial charge in [-0.05, 0) is 68.3 Å². The number of thiol groups is 2. The van der Waals surface area contributed by atoms with E-state index in [1.165, 1.54) is 9.80 Å². The molecule has 442 valence electrons. The van der Waals surface area contributed by atoms with Crippen molar-refractivity contribution in [2.24, 2.45) is 39.9 Å². The van der Waals surface area contributed by atoms with Crippen LogP contribution >= 0.6 is 25.3 Å². The second-order valence-corrected chi connectivity index (χ2v) is 21.4. The number of carbonyl (C=O) groups is 10. The zero-order valence-corrected chi connectivity index (χ0v) is 47.9. The first kappa shape index (κ1) is 67.1. The number of aliphatic carboxylic acids is 1. The number of likely N-dealkylation sites (tertiary alicyclic amines) is 2. The first-order valence-electron chi connectivity index (χ1n) is 27.1. The van der Waals surface area contributed by atoms with Crippen LogP contribution in [-0.2, 0) is 54.4 Å². The second-order valence-electron chi connectivity index (χ2n) is 20.7. The van der Waals surface area contributed by atoms with E-state index in [0.29, 0.717) is 50.6 Å². The van der Waals surface area contributed by atoms with Crippen molar-refractivity contribution in [1.82, 2.24) is 47.0 Å². The van der Waals surface area contributed by atoms with Crippen LogP contribution in [0.15, 0.2) is 35.3 Å². The number of rotatable bonds is 32. The summed E-state index contributed by atoms with van der Waals surface area (Å²) in [7, 11) is 0. The van der Waals surface area contributed by atoms with Crippen molar-refractivity contribution in [3.8, 4) is 0 Å². The monoisotopic (exact) mass is 1150 g/mol. The summed E-state index contributed by atoms with van der Waals surface area (Å²) in [6, 6.07) is -3.66. The Kier molecular flexibility index (Phi) is 28.4. The number of amides is 9. The quantitative estimate of drug-likeness (QED) is 0.0162. The summed E-state index contributed by atoms with van der Waals surface area (Å²) < 4.78 is 0. The number of hydrogen-bond donors (Lipinski definition) is 14. The van der Waals surface area contributed by atoms with Crippen molar-refractivity contribution >= 4 is 90.4 Å². The third kappa shape index (κ3) is 20.5. The minimum atomic E-state index is -1.67. The standard InChI is InChI=1S/C52H85N13O12S2/c1-7-29(5)40(62-42(67)33(17-12-20-56-52(54)55)57-46(71)38-18-13-21-64(38)49(74)32(53)23-28(3)4)48(73)58-34(24-31-15-10-9-11-16-31)43(68)60-36(26-78)45(70)59-35(25-66)44(69)61-37(27-79)50(75)65-22-14-19-39(65)47(72)63-41(51(76)77)30(6)8-2/h9-11,15-16,28-30,32-41,66,78-79H,7-8,12-14,17-27,53H2,1-6H3,(H,57,71)(H,58,73)(H,59,70)(H,60,68)(H,61,69)(H,62,67)(H,63,72)(H,76,77)(H4,54,55,56)/t29-,30-,32-,33-,34-,35-,36-,37-,38-,39-,40-,41-/m0/s1. The van der Waals surface area contributed by atoms with Crippen molar-refractivity contribution in [3.63, 3.8) is 0 Å². The molecule has 0 bridgehead atoms. The zero-order valence-electron chi connectivity index (χ0n) is 46.2. The summed E-state index contributed by atoms with van der Waals surface area (Å²) in [5.41, 5.74) is 17.9. The van der Waals surface area contributed by atoms with Gasteiger partial charge in [0.05, 0.1) is 12.6 Å². The van der Waals surface area contributed by atoms with Crippen LogP contribution in [0.5, 0.6) is 0 Å². The Hall–Kier alpha value is -6.19. The van der Waals surface area contributed by atoms with Gasteiger partial charge in [0.2, 0.25) is 53.2 Å². The van der Waals surface area contributed by atoms with Gasteiger partial charge < -0.3 is 74.4 Å². The average molecular weight is 1150 g/mol. The maximum atomic E-state index is 14.4. The molecule has 27 heteroatoms. The van der Waals surface area contributed by atoms with Crippen LogP contribution in [0.2, 0.25) is 0 Å². The maximum Gasteiger partial charge on any atom is 0.326 e. The first-order chi connectivity index (χ1) is 37.4. The number of carboxylic acids is 1. The zero-order chi connectivity index (χ0) is 59.1. The number of aliphatic hydroxyl groups excluding tert-OH is 1. The van der Waals surface area contributed by atoms with Gasteiger partial charge in [0.25, 0.3) is 0 Å². The number of guanidine groups is 1. The van der Waals surface area contributed by atoms with E-state index in [1.54, 1.807) is 58.0 Å². The molecule has 2 heterocycles. The van der Waals surface area contributed by atoms with Crippen molar-refractivity contribution in [3.05, 3.63) is 35.9 Å². The highest BCUT2D eigenvalue weighted by atomic mass is 32.1. The van der Waals surface area contributed by atoms with Gasteiger partial charge in [0.1, 0.15) is 54.4 Å². The molecule has 0 aliphatic carbocycles. The summed E-state index contributed by atoms with van der Waals surface area (Å²) in [5.74, 6) is -9.44. The molecule has 0 saturated carbocycles. The van der Waals surface area contributed by atoms with E-state index >= 15 is 0 Å². The highest BCUT2D eigenvalue weighted by Gasteiger charge is 2.42. The largest absolute Gasteiger partial charge is 0.480 e. The van der Waals surface area contributed by atoms with Gasteiger partial charge in [-0.15, -0.1) is 0 Å². The molecule has 25 nitrogen and oxygen atoms in total. The van der Waals surface area contributed by atoms with E-state index in [-0.39, 0.29) is 68.1 Å². The molecule has 3 rings (SSSR count). The van der Waals surface area contributed by atoms with Gasteiger partial charge in [0, 0.05) is 37.6 Å². The van der Waals surface area contributed by atoms with E-state index in [4.69, 9.17) is 17.2 Å². The number of nitrogens with two attached hydrogens (primary N) is 3. The normalized spacial score (nSPS) is 18.9. The van der Waals surface area contributed by atoms with E-state index in [2.05, 4.69) is 67.5 Å². The summed E-state index contributed by atoms with van der Waals surface area (Å²) in [4.78, 5) is 143. The van der Waals surface area contributed by atoms with Crippen molar-refractivity contribution < 1.29 is 58.2 Å². The molecule has 2 aliphatic heterocycles. The Morgan fingerprint density at radius 1 is 0.646 bits per heavy atom. The number of aliphatic hydroxyl groups is 1. The number of benzene rings is 1. The molecule has 12 atom stereocenters. The molecule has 9 amide bonds. The van der Waals surface area contributed by atoms with E-state index in [0.717, 1.165) is 0 Å². The molecule has 2 aliphatic rings. The van der Waals surface area contributed by atoms with Crippen LogP contribution < -0.4 is 54.4 Å². The highest BCUT2D eigenvalue weighted by molar-refractivity contribution is 7.80. The Balaban J connectivity index is 1.81. The third-order valence-corrected chi connectivity index (χ3v) is 14.9. The molecule has 2 saturated heterocycles. The fourth-order valence-corrected chi connectivity index (χ4v) is 9.77. The topological polar surface area (TPSA) is 392 Å². The molecule has 0 aromatic heterocycles. The third-order valence-electron chi connectivity index (χ3n) is 14.2. The van der Waals surface area contributed by atoms with Gasteiger partial charge in [-0.3, -0.25) is 48.1 Å². The van der Waals surface area contributed by atoms with Crippen molar-refractivity contribution in [2.45, 2.75) is 166 Å². The fraction of sp³-hybridized carbons (Fsp3) is 0.673. The number of carbonyl (C=O) groups excluding carboxylic acids is 9. The lowest BCUT2D eigenvalue weighted by atomic mass is 9.96. The van der Waals surface area contributed by atoms with Gasteiger partial charge in [0.15, 0.2) is 5.96 Å². The summed E-state index contributed by atoms with van der Waals surface area (Å²) in [6.07, 6.45) is 2.96. The summed E-state index contributed by atoms with van der Waals surface area (Å²) in [6.45, 7) is 10.4. The Bertz CT molecular complexity index is 2280. The van der Waals surface area contributed by atoms with Crippen LogP contribution in [0, 0.1) is 17.8 Å². The average Bonchev–Trinajstić information content (AvgIpc) is 4.16. The molecule has 0 radical (unpaired) electrons. The number of carboxylic acid groups (broad SMARTS) is 1. The molecular weight excluding hydrogens is 1060 g/mol. The number of hydrogen-bond acceptors (Lipinski definition) is 15. The van der Waals surface area contributed by atoms with Crippen molar-refractivity contribution in [1.29, 1.82) is 0 Å². The minimum absolute atomic E-state index is 0.0331. The highest BCUT2D eigenvalue weighted by Crippen LogP contribution is 2.22. The Morgan fingerprint density at radius 2 is 1.14 bits per heavy atom. The predicted octanol–water partition coefficient (Wildman–Crippen LogP) is -1.94. The maximum absolute atomic E-state index is 14.4. The van der Waals surface area contributed by atoms with Gasteiger partial charge >= 0.3 is 5.97 Å². The smallest absolute Gasteiger partial charge is 0.326 e. The van der Waals surface area contributed by atoms with Crippen LogP contribution in [0.25, 0.3) is 0 Å². The molecule has 15 N–H and O–H groups in total. The van der Waals surface area contributed by atoms with Gasteiger partial charge in [-0.1, -0.05) is 84.7 Å². The lowest BCUT2D eigenvalue weighted by Gasteiger charge is -2.31. The SMILES string of the molecule is CC[C@H](C)[C@H](NC(=O)[C@@H]1CCCN1C(=O)[C@H](CS)NC(=O)[C@H](CO)NC(=O)[C@H](CS)NC(=O)[C@H](Cc1ccccc1)NC(=O)[C@@H](NC(=O)[C@H](CCCN=C(N)N)NC(=O)[C@@H]1CCCN1C(=O)[C@@H](N)CC(C)C)[C@@H](C)CC)C(=O)O. The van der Waals surface area contributed by atoms with E-state index in [9.17, 15) is 58.2 Å². The fourth-order valence-electron chi connectivity index (χ4n) is 9.27. The molecule has 1 aromatic rings. The number of aliphatic imine (C=N–C) groups is 1. The van der Waals surface area contributed by atoms with Crippen LogP contribution in [0.4, 0.5) is 0 Å². The van der Waals surface area contributed by atoms with E-state index < -0.39 is 132 Å². The van der Waals surface area contributed by atoms with E-state index in [1.807, 2.05) is 13.8 Å². The molecule has 0 spiro atoms. The molecule has 1 aromatic carbocycles. The molecular formula is C52H85N13O12S2. The van der Waals surface area contributed by atoms with Gasteiger partial charge in [-0.2, -0.15) is 25.3 Å². The lowest BCUT2D eigenvalue weighted by molar-refractivity contribution is -0.146. The van der Waals surface area contributed by atoms with Crippen LogP contribution in [-0.4, -0.2) is 183 Å². The number of nitrogens with one attached hydrogen (secondary N) is 7. The predicted molar refractivity (Wildman–Crippen MR) is 302 cm³/mol. The molecule has 2 fully saturated rings. The van der Waals surface area contributed by atoms with Gasteiger partial charge in [-0.25, -0.2) is 4.79 Å². The minimum Gasteiger partial charge on any atom is -0.480 e. The van der Waals surface area contributed by atoms with Crippen LogP contribution in [0.1, 0.15) is 105 Å². The Labute approximate surface area is 473 Å². The Morgan fingerprint density at radius 3 is 1.67 bits per heavy atom. The van der Waals surface area contributed by atoms with Crippen LogP contribution in [0.3, 0.4) is 0 Å².